The molecular formula is C14H20F3NO. The molecule has 0 saturated carbocycles. The van der Waals surface area contributed by atoms with Gasteiger partial charge in [-0.25, -0.2) is 0 Å². The van der Waals surface area contributed by atoms with Gasteiger partial charge in [-0.1, -0.05) is 31.5 Å². The Bertz CT molecular complexity index is 366. The van der Waals surface area contributed by atoms with Crippen molar-refractivity contribution in [2.45, 2.75) is 32.5 Å². The first-order valence-corrected chi connectivity index (χ1v) is 6.49. The van der Waals surface area contributed by atoms with Crippen LogP contribution in [0.2, 0.25) is 0 Å². The van der Waals surface area contributed by atoms with Crippen LogP contribution in [0.4, 0.5) is 13.2 Å². The fourth-order valence-corrected chi connectivity index (χ4v) is 1.67. The van der Waals surface area contributed by atoms with E-state index < -0.39 is 11.7 Å². The lowest BCUT2D eigenvalue weighted by atomic mass is 10.1. The monoisotopic (exact) mass is 275 g/mol. The summed E-state index contributed by atoms with van der Waals surface area (Å²) < 4.78 is 43.5. The second kappa shape index (κ2) is 8.17. The third kappa shape index (κ3) is 6.07. The molecule has 0 saturated heterocycles. The van der Waals surface area contributed by atoms with Crippen molar-refractivity contribution in [3.63, 3.8) is 0 Å². The van der Waals surface area contributed by atoms with Gasteiger partial charge < -0.3 is 10.1 Å². The van der Waals surface area contributed by atoms with Gasteiger partial charge in [0.15, 0.2) is 0 Å². The van der Waals surface area contributed by atoms with Crippen LogP contribution in [0.5, 0.6) is 0 Å². The van der Waals surface area contributed by atoms with Crippen molar-refractivity contribution in [3.05, 3.63) is 35.4 Å². The molecule has 0 fully saturated rings. The fourth-order valence-electron chi connectivity index (χ4n) is 1.67. The summed E-state index contributed by atoms with van der Waals surface area (Å²) in [6.07, 6.45) is -2.21. The second-order valence-electron chi connectivity index (χ2n) is 4.30. The van der Waals surface area contributed by atoms with Gasteiger partial charge in [0, 0.05) is 19.7 Å². The predicted octanol–water partition coefficient (Wildman–Crippen LogP) is 3.61. The first-order chi connectivity index (χ1) is 9.05. The summed E-state index contributed by atoms with van der Waals surface area (Å²) >= 11 is 0. The fraction of sp³-hybridized carbons (Fsp3) is 0.571. The molecule has 108 valence electrons. The van der Waals surface area contributed by atoms with Gasteiger partial charge in [0.2, 0.25) is 0 Å². The maximum absolute atomic E-state index is 12.7. The van der Waals surface area contributed by atoms with Gasteiger partial charge in [-0.3, -0.25) is 0 Å². The minimum atomic E-state index is -4.30. The topological polar surface area (TPSA) is 21.3 Å². The maximum atomic E-state index is 12.7. The molecule has 19 heavy (non-hydrogen) atoms. The lowest BCUT2D eigenvalue weighted by Gasteiger charge is -2.13. The van der Waals surface area contributed by atoms with Crippen LogP contribution in [-0.2, 0) is 17.5 Å². The van der Waals surface area contributed by atoms with Gasteiger partial charge in [-0.15, -0.1) is 0 Å². The number of benzene rings is 1. The van der Waals surface area contributed by atoms with Gasteiger partial charge in [0.25, 0.3) is 0 Å². The van der Waals surface area contributed by atoms with Crippen LogP contribution in [0.25, 0.3) is 0 Å². The van der Waals surface area contributed by atoms with Crippen molar-refractivity contribution >= 4 is 0 Å². The van der Waals surface area contributed by atoms with Crippen LogP contribution < -0.4 is 5.32 Å². The Morgan fingerprint density at radius 1 is 1.16 bits per heavy atom. The Morgan fingerprint density at radius 3 is 2.58 bits per heavy atom. The van der Waals surface area contributed by atoms with Crippen molar-refractivity contribution in [2.75, 3.05) is 19.8 Å². The Morgan fingerprint density at radius 2 is 1.89 bits per heavy atom. The van der Waals surface area contributed by atoms with Crippen LogP contribution in [-0.4, -0.2) is 19.8 Å². The van der Waals surface area contributed by atoms with E-state index in [1.165, 1.54) is 12.1 Å². The van der Waals surface area contributed by atoms with E-state index in [2.05, 4.69) is 12.2 Å². The number of nitrogens with one attached hydrogen (secondary N) is 1. The molecule has 0 aliphatic heterocycles. The van der Waals surface area contributed by atoms with E-state index in [9.17, 15) is 13.2 Å². The van der Waals surface area contributed by atoms with E-state index in [4.69, 9.17) is 4.74 Å². The molecule has 0 heterocycles. The van der Waals surface area contributed by atoms with Crippen LogP contribution in [0.3, 0.4) is 0 Å². The SMILES string of the molecule is CCCCOCCNCc1ccccc1C(F)(F)F. The minimum absolute atomic E-state index is 0.201. The van der Waals surface area contributed by atoms with E-state index in [-0.39, 0.29) is 12.1 Å². The molecule has 0 aliphatic rings. The summed E-state index contributed by atoms with van der Waals surface area (Å²) in [7, 11) is 0. The quantitative estimate of drug-likeness (QED) is 0.732. The number of hydrogen-bond acceptors (Lipinski definition) is 2. The number of hydrogen-bond donors (Lipinski definition) is 1. The van der Waals surface area contributed by atoms with E-state index in [0.717, 1.165) is 18.9 Å². The first-order valence-electron chi connectivity index (χ1n) is 6.49. The molecule has 0 atom stereocenters. The molecule has 1 aromatic rings. The third-order valence-corrected chi connectivity index (χ3v) is 2.70. The molecule has 1 aromatic carbocycles. The highest BCUT2D eigenvalue weighted by atomic mass is 19.4. The normalized spacial score (nSPS) is 11.8. The molecule has 0 aromatic heterocycles. The van der Waals surface area contributed by atoms with Crippen molar-refractivity contribution in [1.82, 2.24) is 5.32 Å². The Labute approximate surface area is 112 Å². The largest absolute Gasteiger partial charge is 0.416 e. The van der Waals surface area contributed by atoms with Crippen molar-refractivity contribution < 1.29 is 17.9 Å². The minimum Gasteiger partial charge on any atom is -0.380 e. The van der Waals surface area contributed by atoms with Crippen molar-refractivity contribution in [3.8, 4) is 0 Å². The van der Waals surface area contributed by atoms with Crippen molar-refractivity contribution in [2.24, 2.45) is 0 Å². The smallest absolute Gasteiger partial charge is 0.380 e. The Balaban J connectivity index is 2.33. The van der Waals surface area contributed by atoms with Crippen LogP contribution in [0, 0.1) is 0 Å². The molecule has 2 nitrogen and oxygen atoms in total. The van der Waals surface area contributed by atoms with E-state index in [1.54, 1.807) is 6.07 Å². The molecule has 0 spiro atoms. The highest BCUT2D eigenvalue weighted by Crippen LogP contribution is 2.31. The maximum Gasteiger partial charge on any atom is 0.416 e. The number of alkyl halides is 3. The Hall–Kier alpha value is -1.07. The summed E-state index contributed by atoms with van der Waals surface area (Å²) in [5.74, 6) is 0. The third-order valence-electron chi connectivity index (χ3n) is 2.70. The molecule has 1 rings (SSSR count). The number of rotatable bonds is 8. The molecule has 0 unspecified atom stereocenters. The average molecular weight is 275 g/mol. The first kappa shape index (κ1) is 16.0. The highest BCUT2D eigenvalue weighted by Gasteiger charge is 2.32. The van der Waals surface area contributed by atoms with Gasteiger partial charge in [-0.2, -0.15) is 13.2 Å². The number of ether oxygens (including phenoxy) is 1. The molecule has 0 radical (unpaired) electrons. The van der Waals surface area contributed by atoms with Crippen LogP contribution >= 0.6 is 0 Å². The van der Waals surface area contributed by atoms with Gasteiger partial charge in [0.05, 0.1) is 12.2 Å². The second-order valence-corrected chi connectivity index (χ2v) is 4.30. The summed E-state index contributed by atoms with van der Waals surface area (Å²) in [5, 5.41) is 2.97. The molecular weight excluding hydrogens is 255 g/mol. The zero-order valence-electron chi connectivity index (χ0n) is 11.1. The van der Waals surface area contributed by atoms with Gasteiger partial charge in [-0.05, 0) is 18.1 Å². The molecule has 0 aliphatic carbocycles. The standard InChI is InChI=1S/C14H20F3NO/c1-2-3-9-19-10-8-18-11-12-6-4-5-7-13(12)14(15,16)17/h4-7,18H,2-3,8-11H2,1H3. The lowest BCUT2D eigenvalue weighted by Crippen LogP contribution is -2.21. The summed E-state index contributed by atoms with van der Waals surface area (Å²) in [4.78, 5) is 0. The van der Waals surface area contributed by atoms with Crippen LogP contribution in [0.1, 0.15) is 30.9 Å². The van der Waals surface area contributed by atoms with E-state index in [0.29, 0.717) is 19.8 Å². The number of unbranched alkanes of at least 4 members (excludes halogenated alkanes) is 1. The zero-order chi connectivity index (χ0) is 14.1. The van der Waals surface area contributed by atoms with Crippen LogP contribution in [0.15, 0.2) is 24.3 Å². The molecule has 5 heteroatoms. The zero-order valence-corrected chi connectivity index (χ0v) is 11.1. The van der Waals surface area contributed by atoms with Gasteiger partial charge in [0.1, 0.15) is 0 Å². The number of halogens is 3. The lowest BCUT2D eigenvalue weighted by molar-refractivity contribution is -0.138. The van der Waals surface area contributed by atoms with E-state index >= 15 is 0 Å². The van der Waals surface area contributed by atoms with Gasteiger partial charge >= 0.3 is 6.18 Å². The summed E-state index contributed by atoms with van der Waals surface area (Å²) in [6, 6.07) is 5.62. The molecule has 1 N–H and O–H groups in total. The molecule has 0 bridgehead atoms. The van der Waals surface area contributed by atoms with E-state index in [1.807, 2.05) is 0 Å². The Kier molecular flexibility index (Phi) is 6.87. The van der Waals surface area contributed by atoms with Crippen molar-refractivity contribution in [1.29, 1.82) is 0 Å². The average Bonchev–Trinajstić information content (AvgIpc) is 2.37. The predicted molar refractivity (Wildman–Crippen MR) is 68.9 cm³/mol. The highest BCUT2D eigenvalue weighted by molar-refractivity contribution is 5.29. The molecule has 0 amide bonds. The summed E-state index contributed by atoms with van der Waals surface area (Å²) in [6.45, 7) is 4.06. The summed E-state index contributed by atoms with van der Waals surface area (Å²) in [5.41, 5.74) is -0.307.